The van der Waals surface area contributed by atoms with Crippen molar-refractivity contribution in [1.82, 2.24) is 5.43 Å². The molecule has 0 spiro atoms. The Balaban J connectivity index is 1.58. The highest BCUT2D eigenvalue weighted by Gasteiger charge is 2.15. The van der Waals surface area contributed by atoms with Gasteiger partial charge >= 0.3 is 11.8 Å². The molecular formula is C26H24BrFN4O5. The van der Waals surface area contributed by atoms with Gasteiger partial charge in [-0.2, -0.15) is 5.10 Å². The maximum absolute atomic E-state index is 13.0. The first-order valence-electron chi connectivity index (χ1n) is 10.9. The van der Waals surface area contributed by atoms with E-state index in [9.17, 15) is 18.8 Å². The summed E-state index contributed by atoms with van der Waals surface area (Å²) in [5.41, 5.74) is 5.62. The van der Waals surface area contributed by atoms with Gasteiger partial charge in [-0.05, 0) is 95.0 Å². The Morgan fingerprint density at radius 3 is 2.27 bits per heavy atom. The lowest BCUT2D eigenvalue weighted by molar-refractivity contribution is -0.136. The molecule has 9 nitrogen and oxygen atoms in total. The first-order valence-corrected chi connectivity index (χ1v) is 11.7. The molecule has 0 heterocycles. The van der Waals surface area contributed by atoms with Gasteiger partial charge in [-0.15, -0.1) is 0 Å². The topological polar surface area (TPSA) is 118 Å². The molecular weight excluding hydrogens is 547 g/mol. The van der Waals surface area contributed by atoms with Crippen molar-refractivity contribution in [3.8, 4) is 11.5 Å². The monoisotopic (exact) mass is 570 g/mol. The molecule has 0 bridgehead atoms. The van der Waals surface area contributed by atoms with Crippen LogP contribution in [-0.4, -0.2) is 37.7 Å². The molecule has 0 unspecified atom stereocenters. The van der Waals surface area contributed by atoms with Crippen LogP contribution in [0, 0.1) is 19.7 Å². The summed E-state index contributed by atoms with van der Waals surface area (Å²) in [4.78, 5) is 36.3. The number of benzene rings is 3. The minimum atomic E-state index is -1.01. The van der Waals surface area contributed by atoms with Crippen LogP contribution >= 0.6 is 15.9 Å². The van der Waals surface area contributed by atoms with E-state index in [4.69, 9.17) is 9.47 Å². The summed E-state index contributed by atoms with van der Waals surface area (Å²) in [6.07, 6.45) is 1.30. The Labute approximate surface area is 221 Å². The molecule has 3 amide bonds. The number of methoxy groups -OCH3 is 1. The fourth-order valence-electron chi connectivity index (χ4n) is 3.27. The van der Waals surface area contributed by atoms with Gasteiger partial charge in [-0.3, -0.25) is 14.4 Å². The van der Waals surface area contributed by atoms with Crippen LogP contribution in [0.5, 0.6) is 11.5 Å². The summed E-state index contributed by atoms with van der Waals surface area (Å²) in [7, 11) is 1.44. The molecule has 3 rings (SSSR count). The van der Waals surface area contributed by atoms with E-state index < -0.39 is 17.6 Å². The van der Waals surface area contributed by atoms with Crippen LogP contribution in [-0.2, 0) is 14.4 Å². The lowest BCUT2D eigenvalue weighted by atomic mass is 10.1. The highest BCUT2D eigenvalue weighted by Crippen LogP contribution is 2.36. The molecule has 0 saturated heterocycles. The number of anilines is 2. The van der Waals surface area contributed by atoms with Crippen LogP contribution in [0.15, 0.2) is 64.2 Å². The van der Waals surface area contributed by atoms with Crippen LogP contribution in [0.4, 0.5) is 15.8 Å². The van der Waals surface area contributed by atoms with Crippen molar-refractivity contribution in [3.63, 3.8) is 0 Å². The lowest BCUT2D eigenvalue weighted by Crippen LogP contribution is -2.32. The largest absolute Gasteiger partial charge is 0.493 e. The first-order chi connectivity index (χ1) is 17.6. The maximum atomic E-state index is 13.0. The molecule has 0 aliphatic rings. The van der Waals surface area contributed by atoms with Crippen molar-refractivity contribution in [3.05, 3.63) is 81.6 Å². The molecule has 0 aliphatic heterocycles. The third-order valence-electron chi connectivity index (χ3n) is 4.79. The fraction of sp³-hybridized carbons (Fsp3) is 0.154. The average molecular weight is 571 g/mol. The molecule has 37 heavy (non-hydrogen) atoms. The van der Waals surface area contributed by atoms with Gasteiger partial charge in [-0.1, -0.05) is 6.07 Å². The molecule has 0 radical (unpaired) electrons. The van der Waals surface area contributed by atoms with Crippen molar-refractivity contribution < 1.29 is 28.2 Å². The number of carbonyl (C=O) groups excluding carboxylic acids is 3. The van der Waals surface area contributed by atoms with Crippen molar-refractivity contribution in [1.29, 1.82) is 0 Å². The molecule has 3 aromatic carbocycles. The van der Waals surface area contributed by atoms with E-state index in [-0.39, 0.29) is 18.2 Å². The lowest BCUT2D eigenvalue weighted by Gasteiger charge is -2.14. The van der Waals surface area contributed by atoms with E-state index >= 15 is 0 Å². The number of aryl methyl sites for hydroxylation is 2. The van der Waals surface area contributed by atoms with Crippen LogP contribution in [0.3, 0.4) is 0 Å². The molecule has 3 aromatic rings. The number of hydrogen-bond acceptors (Lipinski definition) is 6. The highest BCUT2D eigenvalue weighted by atomic mass is 79.9. The quantitative estimate of drug-likeness (QED) is 0.212. The standard InChI is InChI=1S/C26H24BrFN4O5/c1-15-8-16(2)10-20(9-15)30-23(33)14-37-24-21(27)11-17(12-22(24)36-3)13-29-32-26(35)25(34)31-19-6-4-18(28)5-7-19/h4-13H,14H2,1-3H3,(H,30,33)(H,31,34)(H,32,35)/b29-13-. The summed E-state index contributed by atoms with van der Waals surface area (Å²) in [5, 5.41) is 8.90. The van der Waals surface area contributed by atoms with E-state index in [1.807, 2.05) is 32.0 Å². The molecule has 0 fully saturated rings. The van der Waals surface area contributed by atoms with Gasteiger partial charge in [-0.25, -0.2) is 9.82 Å². The Morgan fingerprint density at radius 1 is 0.946 bits per heavy atom. The molecule has 3 N–H and O–H groups in total. The number of halogens is 2. The second-order valence-electron chi connectivity index (χ2n) is 7.91. The van der Waals surface area contributed by atoms with E-state index in [1.54, 1.807) is 12.1 Å². The van der Waals surface area contributed by atoms with Crippen LogP contribution < -0.4 is 25.5 Å². The Kier molecular flexibility index (Phi) is 9.33. The molecule has 0 aliphatic carbocycles. The summed E-state index contributed by atoms with van der Waals surface area (Å²) in [6, 6.07) is 13.9. The van der Waals surface area contributed by atoms with Crippen LogP contribution in [0.2, 0.25) is 0 Å². The number of amides is 3. The number of carbonyl (C=O) groups is 3. The molecule has 0 aromatic heterocycles. The normalized spacial score (nSPS) is 10.6. The second kappa shape index (κ2) is 12.6. The van der Waals surface area contributed by atoms with Crippen molar-refractivity contribution in [2.75, 3.05) is 24.4 Å². The van der Waals surface area contributed by atoms with Gasteiger partial charge in [0, 0.05) is 11.4 Å². The number of rotatable bonds is 8. The zero-order valence-corrected chi connectivity index (χ0v) is 21.8. The predicted molar refractivity (Wildman–Crippen MR) is 142 cm³/mol. The SMILES string of the molecule is COc1cc(/C=N\NC(=O)C(=O)Nc2ccc(F)cc2)cc(Br)c1OCC(=O)Nc1cc(C)cc(C)c1. The van der Waals surface area contributed by atoms with E-state index in [0.29, 0.717) is 27.2 Å². The zero-order valence-electron chi connectivity index (χ0n) is 20.2. The number of hydrazone groups is 1. The third-order valence-corrected chi connectivity index (χ3v) is 5.38. The van der Waals surface area contributed by atoms with Crippen molar-refractivity contribution >= 4 is 51.2 Å². The fourth-order valence-corrected chi connectivity index (χ4v) is 3.85. The van der Waals surface area contributed by atoms with Gasteiger partial charge in [0.2, 0.25) is 0 Å². The van der Waals surface area contributed by atoms with Gasteiger partial charge in [0.15, 0.2) is 18.1 Å². The predicted octanol–water partition coefficient (Wildman–Crippen LogP) is 4.32. The summed E-state index contributed by atoms with van der Waals surface area (Å²) >= 11 is 3.38. The van der Waals surface area contributed by atoms with Crippen molar-refractivity contribution in [2.24, 2.45) is 5.10 Å². The third kappa shape index (κ3) is 8.14. The minimum Gasteiger partial charge on any atom is -0.493 e. The van der Waals surface area contributed by atoms with Gasteiger partial charge in [0.1, 0.15) is 5.82 Å². The maximum Gasteiger partial charge on any atom is 0.329 e. The van der Waals surface area contributed by atoms with Gasteiger partial charge < -0.3 is 20.1 Å². The summed E-state index contributed by atoms with van der Waals surface area (Å²) in [5.74, 6) is -2.17. The average Bonchev–Trinajstić information content (AvgIpc) is 2.83. The Hall–Kier alpha value is -4.25. The van der Waals surface area contributed by atoms with Crippen LogP contribution in [0.1, 0.15) is 16.7 Å². The summed E-state index contributed by atoms with van der Waals surface area (Å²) < 4.78 is 24.5. The highest BCUT2D eigenvalue weighted by molar-refractivity contribution is 9.10. The zero-order chi connectivity index (χ0) is 26.9. The Bertz CT molecular complexity index is 1330. The Morgan fingerprint density at radius 2 is 1.62 bits per heavy atom. The molecule has 11 heteroatoms. The minimum absolute atomic E-state index is 0.255. The number of hydrogen-bond donors (Lipinski definition) is 3. The number of ether oxygens (including phenoxy) is 2. The van der Waals surface area contributed by atoms with Crippen LogP contribution in [0.25, 0.3) is 0 Å². The first kappa shape index (κ1) is 27.3. The van der Waals surface area contributed by atoms with E-state index in [2.05, 4.69) is 37.1 Å². The smallest absolute Gasteiger partial charge is 0.329 e. The molecule has 0 saturated carbocycles. The van der Waals surface area contributed by atoms with Crippen molar-refractivity contribution in [2.45, 2.75) is 13.8 Å². The number of nitrogens with one attached hydrogen (secondary N) is 3. The number of nitrogens with zero attached hydrogens (tertiary/aromatic N) is 1. The molecule has 0 atom stereocenters. The molecule has 192 valence electrons. The summed E-state index contributed by atoms with van der Waals surface area (Å²) in [6.45, 7) is 3.63. The second-order valence-corrected chi connectivity index (χ2v) is 8.76. The van der Waals surface area contributed by atoms with Gasteiger partial charge in [0.25, 0.3) is 5.91 Å². The van der Waals surface area contributed by atoms with E-state index in [1.165, 1.54) is 25.5 Å². The van der Waals surface area contributed by atoms with E-state index in [0.717, 1.165) is 23.3 Å². The van der Waals surface area contributed by atoms with Gasteiger partial charge in [0.05, 0.1) is 17.8 Å².